The highest BCUT2D eigenvalue weighted by molar-refractivity contribution is 4.80. The molecule has 0 spiro atoms. The van der Waals surface area contributed by atoms with Gasteiger partial charge in [0.15, 0.2) is 0 Å². The first-order chi connectivity index (χ1) is 7.92. The monoisotopic (exact) mass is 242 g/mol. The lowest BCUT2D eigenvalue weighted by Gasteiger charge is -2.36. The van der Waals surface area contributed by atoms with E-state index >= 15 is 0 Å². The van der Waals surface area contributed by atoms with Gasteiger partial charge in [0.05, 0.1) is 6.10 Å². The largest absolute Gasteiger partial charge is 0.390 e. The summed E-state index contributed by atoms with van der Waals surface area (Å²) in [6.07, 6.45) is 4.90. The molecule has 1 rings (SSSR count). The second kappa shape index (κ2) is 6.72. The smallest absolute Gasteiger partial charge is 0.0791 e. The molecule has 0 radical (unpaired) electrons. The van der Waals surface area contributed by atoms with Crippen LogP contribution in [0.1, 0.15) is 53.4 Å². The average Bonchev–Trinajstić information content (AvgIpc) is 2.26. The van der Waals surface area contributed by atoms with Crippen molar-refractivity contribution < 1.29 is 5.11 Å². The normalized spacial score (nSPS) is 24.9. The summed E-state index contributed by atoms with van der Waals surface area (Å²) in [5.41, 5.74) is 0.0903. The van der Waals surface area contributed by atoms with Gasteiger partial charge >= 0.3 is 0 Å². The van der Waals surface area contributed by atoms with Crippen molar-refractivity contribution in [2.75, 3.05) is 19.6 Å². The van der Waals surface area contributed by atoms with Crippen molar-refractivity contribution in [2.45, 2.75) is 71.1 Å². The fourth-order valence-electron chi connectivity index (χ4n) is 2.52. The van der Waals surface area contributed by atoms with Crippen LogP contribution in [0.15, 0.2) is 0 Å². The minimum atomic E-state index is -0.249. The van der Waals surface area contributed by atoms with Gasteiger partial charge in [0.1, 0.15) is 0 Å². The van der Waals surface area contributed by atoms with Crippen LogP contribution < -0.4 is 5.32 Å². The zero-order valence-electron chi connectivity index (χ0n) is 12.0. The Labute approximate surface area is 107 Å². The highest BCUT2D eigenvalue weighted by Gasteiger charge is 2.23. The molecule has 1 saturated heterocycles. The second-order valence-electron chi connectivity index (χ2n) is 6.34. The first kappa shape index (κ1) is 14.9. The summed E-state index contributed by atoms with van der Waals surface area (Å²) in [5.74, 6) is 0. The van der Waals surface area contributed by atoms with Crippen LogP contribution in [0, 0.1) is 0 Å². The zero-order valence-corrected chi connectivity index (χ0v) is 12.0. The van der Waals surface area contributed by atoms with Crippen LogP contribution in [0.2, 0.25) is 0 Å². The lowest BCUT2D eigenvalue weighted by Crippen LogP contribution is -2.48. The molecule has 17 heavy (non-hydrogen) atoms. The van der Waals surface area contributed by atoms with Crippen molar-refractivity contribution in [1.29, 1.82) is 0 Å². The van der Waals surface area contributed by atoms with Crippen LogP contribution in [0.4, 0.5) is 0 Å². The van der Waals surface area contributed by atoms with Gasteiger partial charge in [-0.15, -0.1) is 0 Å². The molecule has 2 unspecified atom stereocenters. The lowest BCUT2D eigenvalue weighted by molar-refractivity contribution is 0.0625. The van der Waals surface area contributed by atoms with E-state index in [-0.39, 0.29) is 11.6 Å². The van der Waals surface area contributed by atoms with Gasteiger partial charge in [-0.2, -0.15) is 0 Å². The second-order valence-corrected chi connectivity index (χ2v) is 6.34. The van der Waals surface area contributed by atoms with Gasteiger partial charge in [-0.1, -0.05) is 13.3 Å². The van der Waals surface area contributed by atoms with E-state index in [4.69, 9.17) is 0 Å². The molecule has 102 valence electrons. The van der Waals surface area contributed by atoms with Gasteiger partial charge in [-0.05, 0) is 46.6 Å². The van der Waals surface area contributed by atoms with E-state index in [2.05, 4.69) is 37.9 Å². The third kappa shape index (κ3) is 5.84. The molecule has 0 aromatic heterocycles. The number of likely N-dealkylation sites (tertiary alicyclic amines) is 1. The fraction of sp³-hybridized carbons (Fsp3) is 1.00. The van der Waals surface area contributed by atoms with Crippen LogP contribution in [0.3, 0.4) is 0 Å². The molecule has 1 aliphatic rings. The van der Waals surface area contributed by atoms with Crippen LogP contribution in [0.25, 0.3) is 0 Å². The van der Waals surface area contributed by atoms with Crippen LogP contribution in [0.5, 0.6) is 0 Å². The number of β-amino-alcohol motifs (C(OH)–C–C–N with tert-alkyl or cyclic N) is 1. The number of aliphatic hydroxyl groups is 1. The summed E-state index contributed by atoms with van der Waals surface area (Å²) in [4.78, 5) is 2.47. The van der Waals surface area contributed by atoms with Gasteiger partial charge in [0.25, 0.3) is 0 Å². The van der Waals surface area contributed by atoms with Crippen LogP contribution in [-0.4, -0.2) is 47.3 Å². The molecular formula is C14H30N2O. The Morgan fingerprint density at radius 2 is 2.06 bits per heavy atom. The van der Waals surface area contributed by atoms with Gasteiger partial charge in [-0.3, -0.25) is 4.90 Å². The summed E-state index contributed by atoms with van der Waals surface area (Å²) >= 11 is 0. The molecule has 3 nitrogen and oxygen atoms in total. The molecular weight excluding hydrogens is 212 g/mol. The van der Waals surface area contributed by atoms with Gasteiger partial charge in [0, 0.05) is 24.7 Å². The number of aliphatic hydroxyl groups excluding tert-OH is 1. The maximum Gasteiger partial charge on any atom is 0.0791 e. The summed E-state index contributed by atoms with van der Waals surface area (Å²) in [6.45, 7) is 11.3. The van der Waals surface area contributed by atoms with E-state index < -0.39 is 0 Å². The van der Waals surface area contributed by atoms with E-state index in [1.807, 2.05) is 0 Å². The Kier molecular flexibility index (Phi) is 5.90. The molecule has 1 aliphatic heterocycles. The summed E-state index contributed by atoms with van der Waals surface area (Å²) in [6, 6.07) is 0.688. The number of nitrogens with zero attached hydrogens (tertiary/aromatic N) is 1. The molecule has 0 aromatic rings. The van der Waals surface area contributed by atoms with Gasteiger partial charge in [0.2, 0.25) is 0 Å². The van der Waals surface area contributed by atoms with Crippen molar-refractivity contribution in [3.8, 4) is 0 Å². The predicted molar refractivity (Wildman–Crippen MR) is 73.3 cm³/mol. The number of hydrogen-bond acceptors (Lipinski definition) is 3. The predicted octanol–water partition coefficient (Wildman–Crippen LogP) is 2.00. The van der Waals surface area contributed by atoms with E-state index in [9.17, 15) is 5.11 Å². The van der Waals surface area contributed by atoms with Crippen LogP contribution in [-0.2, 0) is 0 Å². The van der Waals surface area contributed by atoms with Crippen molar-refractivity contribution >= 4 is 0 Å². The molecule has 0 bridgehead atoms. The van der Waals surface area contributed by atoms with E-state index in [0.29, 0.717) is 12.6 Å². The van der Waals surface area contributed by atoms with E-state index in [0.717, 1.165) is 13.1 Å². The number of rotatable bonds is 5. The quantitative estimate of drug-likeness (QED) is 0.774. The third-order valence-electron chi connectivity index (χ3n) is 3.53. The number of nitrogens with one attached hydrogen (secondary N) is 1. The van der Waals surface area contributed by atoms with Gasteiger partial charge < -0.3 is 10.4 Å². The average molecular weight is 242 g/mol. The maximum absolute atomic E-state index is 10.1. The van der Waals surface area contributed by atoms with Crippen molar-refractivity contribution in [3.05, 3.63) is 0 Å². The fourth-order valence-corrected chi connectivity index (χ4v) is 2.52. The van der Waals surface area contributed by atoms with Crippen molar-refractivity contribution in [3.63, 3.8) is 0 Å². The van der Waals surface area contributed by atoms with E-state index in [1.165, 1.54) is 25.7 Å². The number of hydrogen-bond donors (Lipinski definition) is 2. The molecule has 0 aliphatic carbocycles. The van der Waals surface area contributed by atoms with Crippen molar-refractivity contribution in [2.24, 2.45) is 0 Å². The zero-order chi connectivity index (χ0) is 12.9. The maximum atomic E-state index is 10.1. The minimum Gasteiger partial charge on any atom is -0.390 e. The Morgan fingerprint density at radius 1 is 1.35 bits per heavy atom. The first-order valence-corrected chi connectivity index (χ1v) is 7.09. The molecule has 0 amide bonds. The molecule has 0 saturated carbocycles. The highest BCUT2D eigenvalue weighted by atomic mass is 16.3. The van der Waals surface area contributed by atoms with Crippen LogP contribution >= 0.6 is 0 Å². The Bertz CT molecular complexity index is 213. The highest BCUT2D eigenvalue weighted by Crippen LogP contribution is 2.19. The summed E-state index contributed by atoms with van der Waals surface area (Å²) in [5, 5.41) is 13.4. The van der Waals surface area contributed by atoms with Crippen molar-refractivity contribution in [1.82, 2.24) is 10.2 Å². The lowest BCUT2D eigenvalue weighted by atomic mass is 9.99. The molecule has 3 heteroatoms. The van der Waals surface area contributed by atoms with Gasteiger partial charge in [-0.25, -0.2) is 0 Å². The third-order valence-corrected chi connectivity index (χ3v) is 3.53. The molecule has 0 aromatic carbocycles. The topological polar surface area (TPSA) is 35.5 Å². The molecule has 2 atom stereocenters. The standard InChI is InChI=1S/C14H30N2O/c1-5-12-8-6-7-9-16(12)11-13(17)10-15-14(2,3)4/h12-13,15,17H,5-11H2,1-4H3. The van der Waals surface area contributed by atoms with E-state index in [1.54, 1.807) is 0 Å². The SMILES string of the molecule is CCC1CCCCN1CC(O)CNC(C)(C)C. The Balaban J connectivity index is 2.31. The molecule has 2 N–H and O–H groups in total. The number of piperidine rings is 1. The Morgan fingerprint density at radius 3 is 2.65 bits per heavy atom. The Hall–Kier alpha value is -0.120. The first-order valence-electron chi connectivity index (χ1n) is 7.09. The summed E-state index contributed by atoms with van der Waals surface area (Å²) < 4.78 is 0. The summed E-state index contributed by atoms with van der Waals surface area (Å²) in [7, 11) is 0. The molecule has 1 heterocycles. The minimum absolute atomic E-state index is 0.0903. The molecule has 1 fully saturated rings.